The molecule has 0 heterocycles. The van der Waals surface area contributed by atoms with E-state index in [1.165, 1.54) is 31.8 Å². The van der Waals surface area contributed by atoms with Gasteiger partial charge in [-0.15, -0.1) is 30.1 Å². The van der Waals surface area contributed by atoms with Crippen molar-refractivity contribution in [1.82, 2.24) is 0 Å². The minimum atomic E-state index is -0.409. The molecule has 6 aromatic rings. The van der Waals surface area contributed by atoms with E-state index in [4.69, 9.17) is 0 Å². The van der Waals surface area contributed by atoms with Crippen LogP contribution in [0.4, 0.5) is 0 Å². The zero-order chi connectivity index (χ0) is 24.4. The first kappa shape index (κ1) is 36.2. The van der Waals surface area contributed by atoms with Gasteiger partial charge in [0.25, 0.3) is 0 Å². The van der Waals surface area contributed by atoms with Gasteiger partial charge in [-0.05, 0) is 10.6 Å². The van der Waals surface area contributed by atoms with Crippen LogP contribution in [0.3, 0.4) is 0 Å². The second kappa shape index (κ2) is 19.3. The summed E-state index contributed by atoms with van der Waals surface area (Å²) in [4.78, 5) is 0. The summed E-state index contributed by atoms with van der Waals surface area (Å²) < 4.78 is 0. The van der Waals surface area contributed by atoms with Gasteiger partial charge in [-0.3, -0.25) is 0 Å². The van der Waals surface area contributed by atoms with E-state index in [0.717, 1.165) is 0 Å². The van der Waals surface area contributed by atoms with Crippen molar-refractivity contribution in [2.24, 2.45) is 0 Å². The van der Waals surface area contributed by atoms with Gasteiger partial charge in [0, 0.05) is 37.5 Å². The third-order valence-corrected chi connectivity index (χ3v) is 10.8. The maximum absolute atomic E-state index is 2.23. The van der Waals surface area contributed by atoms with Gasteiger partial charge in [-0.25, -0.2) is 20.1 Å². The maximum Gasteiger partial charge on any atom is 0 e. The molecule has 0 fully saturated rings. The zero-order valence-electron chi connectivity index (χ0n) is 21.5. The van der Waals surface area contributed by atoms with Gasteiger partial charge >= 0.3 is 0 Å². The van der Waals surface area contributed by atoms with E-state index in [2.05, 4.69) is 170 Å². The van der Waals surface area contributed by atoms with Gasteiger partial charge in [0.05, 0.1) is 0 Å². The number of halogens is 2. The van der Waals surface area contributed by atoms with Crippen LogP contribution in [0.25, 0.3) is 0 Å². The van der Waals surface area contributed by atoms with Crippen LogP contribution in [0.5, 0.6) is 0 Å². The Hall–Kier alpha value is -1.80. The zero-order valence-corrected chi connectivity index (χ0v) is 27.6. The van der Waals surface area contributed by atoms with Crippen molar-refractivity contribution in [3.63, 3.8) is 0 Å². The van der Waals surface area contributed by atoms with Crippen molar-refractivity contribution < 1.29 is 37.5 Å². The number of rotatable bonds is 6. The molecule has 0 aromatic heterocycles. The van der Waals surface area contributed by atoms with Gasteiger partial charge in [-0.2, -0.15) is 12.1 Å². The minimum Gasteiger partial charge on any atom is -0.747 e. The van der Waals surface area contributed by atoms with Crippen molar-refractivity contribution >= 4 is 72.5 Å². The van der Waals surface area contributed by atoms with E-state index in [1.807, 2.05) is 0 Å². The molecule has 0 N–H and O–H groups in total. The fourth-order valence-electron chi connectivity index (χ4n) is 4.23. The minimum absolute atomic E-state index is 0. The third kappa shape index (κ3) is 9.64. The Morgan fingerprint density at radius 3 is 1.05 bits per heavy atom. The Kier molecular flexibility index (Phi) is 17.5. The normalized spacial score (nSPS) is 9.65. The second-order valence-electron chi connectivity index (χ2n) is 8.30. The molecule has 0 atom stereocenters. The topological polar surface area (TPSA) is 0 Å². The summed E-state index contributed by atoms with van der Waals surface area (Å²) in [5, 5.41) is 8.47. The first-order valence-electron chi connectivity index (χ1n) is 12.1. The van der Waals surface area contributed by atoms with Crippen LogP contribution in [-0.2, 0) is 37.5 Å². The molecule has 214 valence electrons. The molecule has 0 aliphatic carbocycles. The maximum atomic E-state index is 2.23. The Labute approximate surface area is 277 Å². The molecule has 6 rings (SSSR count). The molecular formula is C34H30Cl2FeP2Pd-6. The van der Waals surface area contributed by atoms with Crippen LogP contribution in [-0.4, -0.2) is 0 Å². The van der Waals surface area contributed by atoms with Crippen molar-refractivity contribution in [2.75, 3.05) is 0 Å². The summed E-state index contributed by atoms with van der Waals surface area (Å²) in [6.45, 7) is 0. The monoisotopic (exact) mass is 732 g/mol. The molecule has 40 heavy (non-hydrogen) atoms. The first-order chi connectivity index (χ1) is 17.9. The van der Waals surface area contributed by atoms with E-state index in [1.54, 1.807) is 0 Å². The quantitative estimate of drug-likeness (QED) is 0.0969. The van der Waals surface area contributed by atoms with Crippen LogP contribution >= 0.6 is 40.7 Å². The second-order valence-corrected chi connectivity index (χ2v) is 12.7. The standard InChI is InChI=1S/2C17H14P.2ClH.Fe.Pd/c2*1-3-9-15(10-4-1)18(17-13-7-8-14-17)16-11-5-2-6-12-16;;;;/h2*1-14H;2*1H;;/q-5;-1;;;;. The molecule has 0 unspecified atom stereocenters. The van der Waals surface area contributed by atoms with Crippen molar-refractivity contribution in [2.45, 2.75) is 0 Å². The van der Waals surface area contributed by atoms with Crippen molar-refractivity contribution in [3.8, 4) is 0 Å². The molecule has 0 bridgehead atoms. The van der Waals surface area contributed by atoms with E-state index in [0.29, 0.717) is 0 Å². The Balaban J connectivity index is 0.000000364. The Morgan fingerprint density at radius 2 is 0.725 bits per heavy atom. The molecule has 0 spiro atoms. The van der Waals surface area contributed by atoms with Gasteiger partial charge in [0.1, 0.15) is 0 Å². The largest absolute Gasteiger partial charge is 0.747 e. The van der Waals surface area contributed by atoms with Crippen molar-refractivity contribution in [3.05, 3.63) is 170 Å². The van der Waals surface area contributed by atoms with Crippen LogP contribution in [0.2, 0.25) is 0 Å². The van der Waals surface area contributed by atoms with Gasteiger partial charge in [0.15, 0.2) is 0 Å². The summed E-state index contributed by atoms with van der Waals surface area (Å²) >= 11 is 0. The van der Waals surface area contributed by atoms with Crippen molar-refractivity contribution in [1.29, 1.82) is 0 Å². The predicted octanol–water partition coefficient (Wildman–Crippen LogP) is 7.17. The van der Waals surface area contributed by atoms with E-state index >= 15 is 0 Å². The fourth-order valence-corrected chi connectivity index (χ4v) is 8.84. The summed E-state index contributed by atoms with van der Waals surface area (Å²) in [7, 11) is -0.818. The van der Waals surface area contributed by atoms with Crippen LogP contribution in [0.1, 0.15) is 0 Å². The van der Waals surface area contributed by atoms with Crippen LogP contribution in [0, 0.1) is 0 Å². The van der Waals surface area contributed by atoms with Gasteiger partial charge in [-0.1, -0.05) is 140 Å². The summed E-state index contributed by atoms with van der Waals surface area (Å²) in [6, 6.07) is 60.5. The molecule has 0 radical (unpaired) electrons. The van der Waals surface area contributed by atoms with Crippen LogP contribution in [0.15, 0.2) is 170 Å². The summed E-state index contributed by atoms with van der Waals surface area (Å²) in [5.74, 6) is 0. The summed E-state index contributed by atoms with van der Waals surface area (Å²) in [6.07, 6.45) is 0. The molecule has 0 aliphatic heterocycles. The smallest absolute Gasteiger partial charge is 0 e. The molecule has 0 saturated heterocycles. The third-order valence-electron chi connectivity index (χ3n) is 5.86. The Morgan fingerprint density at radius 1 is 0.425 bits per heavy atom. The molecule has 0 aliphatic rings. The van der Waals surface area contributed by atoms with Gasteiger partial charge < -0.3 is 29.6 Å². The average molecular weight is 734 g/mol. The molecule has 0 saturated carbocycles. The van der Waals surface area contributed by atoms with Gasteiger partial charge in [0.2, 0.25) is 0 Å². The molecule has 6 heteroatoms. The molecule has 0 nitrogen and oxygen atoms in total. The fraction of sp³-hybridized carbons (Fsp3) is 0. The van der Waals surface area contributed by atoms with E-state index < -0.39 is 15.8 Å². The molecule has 6 aromatic carbocycles. The molecular weight excluding hydrogens is 703 g/mol. The van der Waals surface area contributed by atoms with E-state index in [9.17, 15) is 0 Å². The first-order valence-corrected chi connectivity index (χ1v) is 14.8. The van der Waals surface area contributed by atoms with Crippen LogP contribution < -0.4 is 31.8 Å². The predicted molar refractivity (Wildman–Crippen MR) is 176 cm³/mol. The number of benzene rings is 4. The Bertz CT molecular complexity index is 1220. The number of hydrogen-bond acceptors (Lipinski definition) is 0. The molecule has 0 amide bonds. The van der Waals surface area contributed by atoms with E-state index in [-0.39, 0.29) is 62.3 Å². The SMILES string of the molecule is Cl.Cl.[Fe].[Pd].c1ccc(P(c2ccccc2)[c-]2[cH-][cH-][cH-][cH-]2)cc1.c1ccc(P(c2ccccc2)[c-]2cccc2)cc1. The number of hydrogen-bond donors (Lipinski definition) is 0. The average Bonchev–Trinajstić information content (AvgIpc) is 3.68. The summed E-state index contributed by atoms with van der Waals surface area (Å²) in [5.41, 5.74) is 0.